The molecule has 0 aromatic heterocycles. The van der Waals surface area contributed by atoms with Crippen LogP contribution in [0.2, 0.25) is 0 Å². The van der Waals surface area contributed by atoms with Gasteiger partial charge < -0.3 is 9.74 Å². The molecule has 0 saturated carbocycles. The number of hydrogen-bond acceptors (Lipinski definition) is 3. The highest BCUT2D eigenvalue weighted by Crippen LogP contribution is 2.12. The van der Waals surface area contributed by atoms with Gasteiger partial charge in [-0.15, -0.1) is 0 Å². The van der Waals surface area contributed by atoms with Crippen LogP contribution in [0.5, 0.6) is 0 Å². The maximum absolute atomic E-state index is 4.63. The van der Waals surface area contributed by atoms with Gasteiger partial charge in [-0.25, -0.2) is 0 Å². The molecule has 0 aromatic rings. The molecule has 1 saturated heterocycles. The summed E-state index contributed by atoms with van der Waals surface area (Å²) in [5, 5.41) is 3.78. The minimum absolute atomic E-state index is 0.591. The van der Waals surface area contributed by atoms with Crippen molar-refractivity contribution in [2.24, 2.45) is 11.1 Å². The lowest BCUT2D eigenvalue weighted by Crippen LogP contribution is -2.32. The molecule has 0 bridgehead atoms. The third-order valence-corrected chi connectivity index (χ3v) is 2.04. The van der Waals surface area contributed by atoms with E-state index in [1.807, 2.05) is 6.21 Å². The van der Waals surface area contributed by atoms with E-state index >= 15 is 0 Å². The van der Waals surface area contributed by atoms with Crippen molar-refractivity contribution in [3.05, 3.63) is 0 Å². The van der Waals surface area contributed by atoms with Crippen molar-refractivity contribution in [2.75, 3.05) is 27.2 Å². The van der Waals surface area contributed by atoms with Gasteiger partial charge in [-0.1, -0.05) is 5.16 Å². The predicted molar refractivity (Wildman–Crippen MR) is 45.7 cm³/mol. The molecule has 0 amide bonds. The second-order valence-electron chi connectivity index (χ2n) is 3.10. The third-order valence-electron chi connectivity index (χ3n) is 2.04. The van der Waals surface area contributed by atoms with E-state index in [0.717, 1.165) is 6.54 Å². The van der Waals surface area contributed by atoms with E-state index in [1.54, 1.807) is 7.11 Å². The average molecular weight is 156 g/mol. The zero-order valence-corrected chi connectivity index (χ0v) is 7.29. The molecule has 64 valence electrons. The van der Waals surface area contributed by atoms with Crippen LogP contribution < -0.4 is 0 Å². The smallest absolute Gasteiger partial charge is 0.106 e. The average Bonchev–Trinajstić information content (AvgIpc) is 2.01. The molecule has 0 radical (unpaired) electrons. The quantitative estimate of drug-likeness (QED) is 0.439. The molecule has 1 fully saturated rings. The predicted octanol–water partition coefficient (Wildman–Crippen LogP) is 0.960. The third kappa shape index (κ3) is 2.89. The Labute approximate surface area is 68.0 Å². The van der Waals surface area contributed by atoms with Crippen LogP contribution in [-0.4, -0.2) is 38.4 Å². The molecule has 1 atom stereocenters. The van der Waals surface area contributed by atoms with Crippen LogP contribution in [-0.2, 0) is 4.84 Å². The van der Waals surface area contributed by atoms with Gasteiger partial charge in [0.2, 0.25) is 0 Å². The van der Waals surface area contributed by atoms with Crippen molar-refractivity contribution in [1.29, 1.82) is 0 Å². The molecule has 1 heterocycles. The Balaban J connectivity index is 2.28. The van der Waals surface area contributed by atoms with Gasteiger partial charge >= 0.3 is 0 Å². The van der Waals surface area contributed by atoms with Crippen molar-refractivity contribution < 1.29 is 4.84 Å². The van der Waals surface area contributed by atoms with E-state index in [4.69, 9.17) is 0 Å². The summed E-state index contributed by atoms with van der Waals surface area (Å²) in [7, 11) is 3.73. The summed E-state index contributed by atoms with van der Waals surface area (Å²) >= 11 is 0. The van der Waals surface area contributed by atoms with Crippen LogP contribution in [0.4, 0.5) is 0 Å². The SMILES string of the molecule is CON=CC1CCCN(C)C1. The molecule has 0 aromatic carbocycles. The van der Waals surface area contributed by atoms with Gasteiger partial charge in [-0.05, 0) is 26.4 Å². The Kier molecular flexibility index (Phi) is 3.36. The standard InChI is InChI=1S/C8H16N2O/c1-10-5-3-4-8(7-10)6-9-11-2/h6,8H,3-5,7H2,1-2H3. The highest BCUT2D eigenvalue weighted by atomic mass is 16.6. The van der Waals surface area contributed by atoms with Crippen LogP contribution in [0.25, 0.3) is 0 Å². The molecule has 1 unspecified atom stereocenters. The summed E-state index contributed by atoms with van der Waals surface area (Å²) in [6.45, 7) is 2.34. The van der Waals surface area contributed by atoms with Crippen LogP contribution in [0.1, 0.15) is 12.8 Å². The number of piperidine rings is 1. The molecule has 3 heteroatoms. The summed E-state index contributed by atoms with van der Waals surface area (Å²) in [5.41, 5.74) is 0. The lowest BCUT2D eigenvalue weighted by molar-refractivity contribution is 0.206. The van der Waals surface area contributed by atoms with Crippen LogP contribution >= 0.6 is 0 Å². The molecular weight excluding hydrogens is 140 g/mol. The summed E-state index contributed by atoms with van der Waals surface area (Å²) in [5.74, 6) is 0.591. The first-order chi connectivity index (χ1) is 5.33. The summed E-state index contributed by atoms with van der Waals surface area (Å²) in [6.07, 6.45) is 4.43. The number of hydrogen-bond donors (Lipinski definition) is 0. The van der Waals surface area contributed by atoms with Crippen molar-refractivity contribution in [2.45, 2.75) is 12.8 Å². The van der Waals surface area contributed by atoms with E-state index < -0.39 is 0 Å². The Hall–Kier alpha value is -0.570. The fourth-order valence-corrected chi connectivity index (χ4v) is 1.47. The first-order valence-corrected chi connectivity index (χ1v) is 4.08. The van der Waals surface area contributed by atoms with Gasteiger partial charge in [0.25, 0.3) is 0 Å². The first-order valence-electron chi connectivity index (χ1n) is 4.08. The maximum atomic E-state index is 4.63. The summed E-state index contributed by atoms with van der Waals surface area (Å²) < 4.78 is 0. The fourth-order valence-electron chi connectivity index (χ4n) is 1.47. The Morgan fingerprint density at radius 1 is 1.64 bits per heavy atom. The van der Waals surface area contributed by atoms with Crippen molar-refractivity contribution in [1.82, 2.24) is 4.90 Å². The number of nitrogens with zero attached hydrogens (tertiary/aromatic N) is 2. The van der Waals surface area contributed by atoms with E-state index in [2.05, 4.69) is 21.9 Å². The van der Waals surface area contributed by atoms with Crippen molar-refractivity contribution in [3.8, 4) is 0 Å². The second-order valence-corrected chi connectivity index (χ2v) is 3.10. The molecule has 1 aliphatic heterocycles. The Morgan fingerprint density at radius 2 is 2.45 bits per heavy atom. The van der Waals surface area contributed by atoms with Crippen LogP contribution in [0, 0.1) is 5.92 Å². The normalized spacial score (nSPS) is 27.6. The summed E-state index contributed by atoms with van der Waals surface area (Å²) in [6, 6.07) is 0. The lowest BCUT2D eigenvalue weighted by Gasteiger charge is -2.26. The van der Waals surface area contributed by atoms with Crippen LogP contribution in [0.3, 0.4) is 0 Å². The highest BCUT2D eigenvalue weighted by Gasteiger charge is 2.14. The lowest BCUT2D eigenvalue weighted by atomic mass is 10.0. The molecule has 3 nitrogen and oxygen atoms in total. The van der Waals surface area contributed by atoms with E-state index in [-0.39, 0.29) is 0 Å². The van der Waals surface area contributed by atoms with Gasteiger partial charge in [-0.2, -0.15) is 0 Å². The molecule has 0 N–H and O–H groups in total. The largest absolute Gasteiger partial charge is 0.399 e. The molecule has 1 aliphatic rings. The molecule has 0 spiro atoms. The maximum Gasteiger partial charge on any atom is 0.106 e. The number of likely N-dealkylation sites (tertiary alicyclic amines) is 1. The van der Waals surface area contributed by atoms with Gasteiger partial charge in [0.15, 0.2) is 0 Å². The molecule has 1 rings (SSSR count). The fraction of sp³-hybridized carbons (Fsp3) is 0.875. The monoisotopic (exact) mass is 156 g/mol. The van der Waals surface area contributed by atoms with Crippen LogP contribution in [0.15, 0.2) is 5.16 Å². The van der Waals surface area contributed by atoms with E-state index in [0.29, 0.717) is 5.92 Å². The van der Waals surface area contributed by atoms with Gasteiger partial charge in [-0.3, -0.25) is 0 Å². The Morgan fingerprint density at radius 3 is 3.09 bits per heavy atom. The van der Waals surface area contributed by atoms with Crippen molar-refractivity contribution >= 4 is 6.21 Å². The molecule has 11 heavy (non-hydrogen) atoms. The van der Waals surface area contributed by atoms with Gasteiger partial charge in [0.1, 0.15) is 7.11 Å². The number of oxime groups is 1. The number of rotatable bonds is 2. The molecule has 0 aliphatic carbocycles. The first kappa shape index (κ1) is 8.53. The zero-order valence-electron chi connectivity index (χ0n) is 7.29. The highest BCUT2D eigenvalue weighted by molar-refractivity contribution is 5.60. The summed E-state index contributed by atoms with van der Waals surface area (Å²) in [4.78, 5) is 6.96. The second kappa shape index (κ2) is 4.34. The minimum atomic E-state index is 0.591. The minimum Gasteiger partial charge on any atom is -0.399 e. The topological polar surface area (TPSA) is 24.8 Å². The van der Waals surface area contributed by atoms with Crippen molar-refractivity contribution in [3.63, 3.8) is 0 Å². The van der Waals surface area contributed by atoms with Gasteiger partial charge in [0.05, 0.1) is 0 Å². The Bertz CT molecular complexity index is 136. The molecular formula is C8H16N2O. The van der Waals surface area contributed by atoms with Gasteiger partial charge in [0, 0.05) is 18.7 Å². The van der Waals surface area contributed by atoms with E-state index in [9.17, 15) is 0 Å². The van der Waals surface area contributed by atoms with E-state index in [1.165, 1.54) is 19.4 Å². The zero-order chi connectivity index (χ0) is 8.10.